The van der Waals surface area contributed by atoms with Gasteiger partial charge in [0.1, 0.15) is 36.0 Å². The van der Waals surface area contributed by atoms with Gasteiger partial charge >= 0.3 is 0 Å². The minimum absolute atomic E-state index is 0.0156. The van der Waals surface area contributed by atoms with Crippen LogP contribution in [0.4, 0.5) is 0 Å². The standard InChI is InChI=1S/C22H23NO7S.C21H23NO7S.C13H12ClNO4S.C9H12O3/c1-11-9-17(30-23-11)19-13(3)15(5-6-18(19)31(4,28)29)22(27)20-16(25)10-14(7-8-24)12(2)21(20)26;1-10-7-16(29-22-10)18-12(3)14(5-6-17(18)30(4,27)28)21(26)19-15(24)8-13(9-23)11(2)20(19)25;1-7-6-10(19-15-7)12-8(2)9(13(14)16)4-5-11(12)20(3,17)18;1-6-7(2-3-10)4-8(11)5-9(6)12/h5-6,8-9,12,14,20H,7,10H2,1-4H3;5-7,11,13,19,23H,8-9H2,1-4H3;4-6H,1-3H3;3,6-7H,2,4-5H2,1H3. The summed E-state index contributed by atoms with van der Waals surface area (Å²) in [5.41, 5.74) is 3.76. The summed E-state index contributed by atoms with van der Waals surface area (Å²) in [5, 5.41) is 20.1. The monoisotopic (exact) mass is 1360 g/mol. The van der Waals surface area contributed by atoms with E-state index in [1.165, 1.54) is 36.4 Å². The van der Waals surface area contributed by atoms with Crippen LogP contribution in [0.15, 0.2) is 82.9 Å². The Bertz CT molecular complexity index is 4380. The van der Waals surface area contributed by atoms with Gasteiger partial charge in [-0.05, 0) is 124 Å². The van der Waals surface area contributed by atoms with Crippen molar-refractivity contribution >= 4 is 105 Å². The Kier molecular flexibility index (Phi) is 23.6. The molecule has 3 aliphatic rings. The second-order valence-electron chi connectivity index (χ2n) is 23.7. The summed E-state index contributed by atoms with van der Waals surface area (Å²) < 4.78 is 88.7. The molecule has 6 aromatic rings. The van der Waals surface area contributed by atoms with Crippen LogP contribution in [0.5, 0.6) is 0 Å². The van der Waals surface area contributed by atoms with E-state index in [0.717, 1.165) is 25.1 Å². The Morgan fingerprint density at radius 3 is 1.14 bits per heavy atom. The molecule has 3 heterocycles. The summed E-state index contributed by atoms with van der Waals surface area (Å²) in [4.78, 5) is 132. The number of benzene rings is 3. The van der Waals surface area contributed by atoms with E-state index in [1.807, 2.05) is 0 Å². The topological polar surface area (TPSA) is 389 Å². The quantitative estimate of drug-likeness (QED) is 0.0415. The molecule has 0 bridgehead atoms. The summed E-state index contributed by atoms with van der Waals surface area (Å²) in [6.45, 7) is 14.5. The Morgan fingerprint density at radius 2 is 0.828 bits per heavy atom. The molecular weight excluding hydrogens is 1290 g/mol. The van der Waals surface area contributed by atoms with Crippen molar-refractivity contribution in [1.29, 1.82) is 0 Å². The molecule has 0 spiro atoms. The first kappa shape index (κ1) is 73.8. The summed E-state index contributed by atoms with van der Waals surface area (Å²) in [5.74, 6) is -8.11. The number of rotatable bonds is 16. The number of Topliss-reactive ketones (excluding diaryl/α,β-unsaturated/α-hetero) is 8. The van der Waals surface area contributed by atoms with Gasteiger partial charge in [-0.25, -0.2) is 25.3 Å². The van der Waals surface area contributed by atoms with E-state index < -0.39 is 105 Å². The molecule has 496 valence electrons. The molecule has 9 rings (SSSR count). The van der Waals surface area contributed by atoms with E-state index in [1.54, 1.807) is 80.5 Å². The highest BCUT2D eigenvalue weighted by atomic mass is 35.5. The molecule has 3 aromatic heterocycles. The minimum atomic E-state index is -3.67. The van der Waals surface area contributed by atoms with E-state index in [2.05, 4.69) is 15.5 Å². The van der Waals surface area contributed by atoms with Crippen LogP contribution >= 0.6 is 11.6 Å². The first-order valence-corrected chi connectivity index (χ1v) is 35.1. The number of aryl methyl sites for hydroxylation is 3. The Balaban J connectivity index is 0.000000207. The summed E-state index contributed by atoms with van der Waals surface area (Å²) in [7, 11) is -10.8. The molecule has 8 atom stereocenters. The van der Waals surface area contributed by atoms with Crippen LogP contribution in [0.2, 0.25) is 0 Å². The van der Waals surface area contributed by atoms with Crippen molar-refractivity contribution in [2.75, 3.05) is 25.4 Å². The van der Waals surface area contributed by atoms with E-state index >= 15 is 0 Å². The largest absolute Gasteiger partial charge is 0.396 e. The number of hydrogen-bond acceptors (Lipinski definition) is 24. The summed E-state index contributed by atoms with van der Waals surface area (Å²) >= 11 is 5.51. The normalized spacial score (nSPS) is 20.9. The first-order chi connectivity index (χ1) is 43.3. The zero-order valence-electron chi connectivity index (χ0n) is 53.0. The molecular formula is C65H70ClN3O21S3. The maximum Gasteiger partial charge on any atom is 0.252 e. The van der Waals surface area contributed by atoms with Crippen LogP contribution < -0.4 is 0 Å². The molecule has 0 radical (unpaired) electrons. The third kappa shape index (κ3) is 16.6. The van der Waals surface area contributed by atoms with Gasteiger partial charge in [-0.3, -0.25) is 43.2 Å². The Morgan fingerprint density at radius 1 is 0.505 bits per heavy atom. The van der Waals surface area contributed by atoms with Crippen molar-refractivity contribution in [3.63, 3.8) is 0 Å². The number of nitrogens with zero attached hydrogens (tertiary/aromatic N) is 3. The zero-order chi connectivity index (χ0) is 69.7. The zero-order valence-corrected chi connectivity index (χ0v) is 56.2. The lowest BCUT2D eigenvalue weighted by molar-refractivity contribution is -0.141. The molecule has 3 saturated carbocycles. The molecule has 1 N–H and O–H groups in total. The van der Waals surface area contributed by atoms with Crippen LogP contribution in [0, 0.1) is 88.9 Å². The van der Waals surface area contributed by atoms with Gasteiger partial charge in [-0.1, -0.05) is 36.2 Å². The van der Waals surface area contributed by atoms with Crippen LogP contribution in [0.3, 0.4) is 0 Å². The third-order valence-electron chi connectivity index (χ3n) is 16.9. The fourth-order valence-corrected chi connectivity index (χ4v) is 14.6. The predicted octanol–water partition coefficient (Wildman–Crippen LogP) is 7.99. The lowest BCUT2D eigenvalue weighted by atomic mass is 9.69. The van der Waals surface area contributed by atoms with Gasteiger partial charge in [0.25, 0.3) is 5.24 Å². The van der Waals surface area contributed by atoms with E-state index in [4.69, 9.17) is 25.2 Å². The lowest BCUT2D eigenvalue weighted by Gasteiger charge is -2.30. The number of carbonyl (C=O) groups excluding carboxylic acids is 11. The van der Waals surface area contributed by atoms with Gasteiger partial charge < -0.3 is 28.3 Å². The highest BCUT2D eigenvalue weighted by molar-refractivity contribution is 7.91. The fraction of sp³-hybridized carbons (Fsp3) is 0.415. The Hall–Kier alpha value is -8.24. The molecule has 3 fully saturated rings. The first-order valence-electron chi connectivity index (χ1n) is 29.1. The van der Waals surface area contributed by atoms with Gasteiger partial charge in [-0.15, -0.1) is 0 Å². The van der Waals surface area contributed by atoms with E-state index in [-0.39, 0.29) is 121 Å². The number of aldehydes is 2. The van der Waals surface area contributed by atoms with E-state index in [0.29, 0.717) is 53.1 Å². The van der Waals surface area contributed by atoms with E-state index in [9.17, 15) is 83.1 Å². The number of aliphatic hydroxyl groups is 1. The third-order valence-corrected chi connectivity index (χ3v) is 20.6. The van der Waals surface area contributed by atoms with Crippen molar-refractivity contribution < 1.29 is 96.7 Å². The molecule has 28 heteroatoms. The SMILES string of the molecule is CC1C(=O)CC(=O)CC1CC=O.Cc1cc(-c2c(S(C)(=O)=O)ccc(C(=O)C3C(=O)CC(CC=O)C(C)C3=O)c2C)on1.Cc1cc(-c2c(S(C)(=O)=O)ccc(C(=O)C3C(=O)CC(CO)C(C)C3=O)c2C)on1.Cc1cc(-c2c(S(C)(=O)=O)ccc(C(=O)Cl)c2C)on1. The average molecular weight is 1360 g/mol. The molecule has 3 aliphatic carbocycles. The molecule has 24 nitrogen and oxygen atoms in total. The molecule has 0 aliphatic heterocycles. The molecule has 0 saturated heterocycles. The number of aliphatic hydroxyl groups excluding tert-OH is 1. The minimum Gasteiger partial charge on any atom is -0.396 e. The van der Waals surface area contributed by atoms with Crippen LogP contribution in [0.25, 0.3) is 34.0 Å². The molecule has 93 heavy (non-hydrogen) atoms. The van der Waals surface area contributed by atoms with Crippen LogP contribution in [0.1, 0.15) is 124 Å². The maximum absolute atomic E-state index is 13.3. The van der Waals surface area contributed by atoms with Crippen molar-refractivity contribution in [1.82, 2.24) is 15.5 Å². The number of sulfone groups is 3. The van der Waals surface area contributed by atoms with Crippen molar-refractivity contribution in [2.24, 2.45) is 47.3 Å². The highest BCUT2D eigenvalue weighted by Gasteiger charge is 2.47. The van der Waals surface area contributed by atoms with Crippen molar-refractivity contribution in [3.8, 4) is 34.0 Å². The van der Waals surface area contributed by atoms with Crippen LogP contribution in [-0.4, -0.2) is 135 Å². The lowest BCUT2D eigenvalue weighted by Crippen LogP contribution is -2.45. The van der Waals surface area contributed by atoms with Gasteiger partial charge in [0.05, 0.1) is 38.2 Å². The summed E-state index contributed by atoms with van der Waals surface area (Å²) in [6, 6.07) is 12.7. The van der Waals surface area contributed by atoms with Gasteiger partial charge in [-0.2, -0.15) is 0 Å². The van der Waals surface area contributed by atoms with Crippen molar-refractivity contribution in [3.05, 3.63) is 105 Å². The van der Waals surface area contributed by atoms with Gasteiger partial charge in [0.15, 0.2) is 81.5 Å². The average Bonchev–Trinajstić information content (AvgIpc) is 1.69. The number of carbonyl (C=O) groups is 11. The Labute approximate surface area is 541 Å². The van der Waals surface area contributed by atoms with Gasteiger partial charge in [0.2, 0.25) is 0 Å². The smallest absolute Gasteiger partial charge is 0.252 e. The summed E-state index contributed by atoms with van der Waals surface area (Å²) in [6.07, 6.45) is 5.41. The molecule has 8 unspecified atom stereocenters. The van der Waals surface area contributed by atoms with Crippen molar-refractivity contribution in [2.45, 2.75) is 116 Å². The second kappa shape index (κ2) is 29.8. The van der Waals surface area contributed by atoms with Gasteiger partial charge in [0, 0.05) is 127 Å². The molecule has 3 aromatic carbocycles. The fourth-order valence-electron chi connectivity index (χ4n) is 11.6. The predicted molar refractivity (Wildman–Crippen MR) is 334 cm³/mol. The van der Waals surface area contributed by atoms with Crippen LogP contribution in [-0.2, 0) is 67.9 Å². The maximum atomic E-state index is 13.3. The highest BCUT2D eigenvalue weighted by Crippen LogP contribution is 2.40. The number of ketones is 8. The number of aromatic nitrogens is 3. The molecule has 0 amide bonds. The number of hydrogen-bond donors (Lipinski definition) is 1. The number of halogens is 1. The second-order valence-corrected chi connectivity index (χ2v) is 30.0.